The van der Waals surface area contributed by atoms with Crippen LogP contribution in [-0.2, 0) is 18.6 Å². The van der Waals surface area contributed by atoms with E-state index in [2.05, 4.69) is 6.07 Å². The predicted molar refractivity (Wildman–Crippen MR) is 34.4 cm³/mol. The molecule has 0 aliphatic carbocycles. The van der Waals surface area contributed by atoms with E-state index in [-0.39, 0.29) is 18.6 Å². The van der Waals surface area contributed by atoms with Crippen LogP contribution in [0.2, 0.25) is 0 Å². The quantitative estimate of drug-likeness (QED) is 0.446. The SMILES string of the molecule is Cc1ccc[c-]c1N.[V]. The van der Waals surface area contributed by atoms with Crippen LogP contribution >= 0.6 is 0 Å². The van der Waals surface area contributed by atoms with Gasteiger partial charge in [-0.2, -0.15) is 24.3 Å². The molecule has 1 radical (unpaired) electrons. The first kappa shape index (κ1) is 8.60. The van der Waals surface area contributed by atoms with Crippen molar-refractivity contribution in [3.8, 4) is 0 Å². The topological polar surface area (TPSA) is 26.0 Å². The smallest absolute Gasteiger partial charge is 0 e. The third-order valence-corrected chi connectivity index (χ3v) is 1.11. The van der Waals surface area contributed by atoms with Gasteiger partial charge in [-0.05, 0) is 0 Å². The van der Waals surface area contributed by atoms with Crippen molar-refractivity contribution < 1.29 is 18.6 Å². The third kappa shape index (κ3) is 2.12. The summed E-state index contributed by atoms with van der Waals surface area (Å²) in [6.07, 6.45) is 0. The molecule has 0 aromatic heterocycles. The molecule has 47 valence electrons. The molecule has 1 aromatic rings. The van der Waals surface area contributed by atoms with Gasteiger partial charge in [0.05, 0.1) is 0 Å². The van der Waals surface area contributed by atoms with Crippen molar-refractivity contribution in [2.45, 2.75) is 6.92 Å². The van der Waals surface area contributed by atoms with Crippen LogP contribution in [0.5, 0.6) is 0 Å². The Balaban J connectivity index is 0.000000640. The molecule has 0 aliphatic heterocycles. The fourth-order valence-corrected chi connectivity index (χ4v) is 0.534. The number of para-hydroxylation sites is 1. The second kappa shape index (κ2) is 3.60. The van der Waals surface area contributed by atoms with E-state index in [0.717, 1.165) is 11.3 Å². The van der Waals surface area contributed by atoms with Crippen LogP contribution in [0, 0.1) is 13.0 Å². The van der Waals surface area contributed by atoms with Crippen LogP contribution in [0.15, 0.2) is 18.2 Å². The minimum absolute atomic E-state index is 0. The van der Waals surface area contributed by atoms with Gasteiger partial charge in [-0.3, -0.25) is 0 Å². The normalized spacial score (nSPS) is 8.11. The van der Waals surface area contributed by atoms with Gasteiger partial charge in [-0.25, -0.2) is 0 Å². The van der Waals surface area contributed by atoms with Gasteiger partial charge in [0.2, 0.25) is 0 Å². The molecule has 0 aliphatic rings. The Hall–Kier alpha value is -0.396. The van der Waals surface area contributed by atoms with E-state index in [9.17, 15) is 0 Å². The molecule has 2 heteroatoms. The number of hydrogen-bond acceptors (Lipinski definition) is 1. The number of nitrogens with two attached hydrogens (primary N) is 1. The van der Waals surface area contributed by atoms with Crippen LogP contribution in [0.4, 0.5) is 5.69 Å². The summed E-state index contributed by atoms with van der Waals surface area (Å²) in [6, 6.07) is 8.57. The minimum Gasteiger partial charge on any atom is -0.420 e. The Labute approximate surface area is 67.1 Å². The first-order valence-corrected chi connectivity index (χ1v) is 2.53. The van der Waals surface area contributed by atoms with E-state index in [1.165, 1.54) is 0 Å². The van der Waals surface area contributed by atoms with Gasteiger partial charge in [0.1, 0.15) is 0 Å². The number of nitrogen functional groups attached to an aromatic ring is 1. The van der Waals surface area contributed by atoms with Gasteiger partial charge in [-0.15, -0.1) is 5.56 Å². The number of benzene rings is 1. The Bertz CT molecular complexity index is 165. The molecule has 0 spiro atoms. The zero-order valence-corrected chi connectivity index (χ0v) is 6.65. The first-order valence-electron chi connectivity index (χ1n) is 2.53. The largest absolute Gasteiger partial charge is 0.420 e. The van der Waals surface area contributed by atoms with Crippen molar-refractivity contribution in [1.82, 2.24) is 0 Å². The molecule has 9 heavy (non-hydrogen) atoms. The molecule has 0 saturated heterocycles. The van der Waals surface area contributed by atoms with Crippen LogP contribution < -0.4 is 5.73 Å². The summed E-state index contributed by atoms with van der Waals surface area (Å²) in [6.45, 7) is 1.96. The Morgan fingerprint density at radius 2 is 2.22 bits per heavy atom. The molecule has 0 fully saturated rings. The van der Waals surface area contributed by atoms with E-state index in [1.807, 2.05) is 25.1 Å². The summed E-state index contributed by atoms with van der Waals surface area (Å²) in [5.74, 6) is 0. The molecule has 1 nitrogen and oxygen atoms in total. The van der Waals surface area contributed by atoms with Gasteiger partial charge >= 0.3 is 0 Å². The molecule has 1 aromatic carbocycles. The van der Waals surface area contributed by atoms with E-state index in [0.29, 0.717) is 0 Å². The average Bonchev–Trinajstić information content (AvgIpc) is 1.77. The molecule has 0 heterocycles. The van der Waals surface area contributed by atoms with Crippen molar-refractivity contribution >= 4 is 5.69 Å². The van der Waals surface area contributed by atoms with Crippen LogP contribution in [0.3, 0.4) is 0 Å². The van der Waals surface area contributed by atoms with E-state index in [1.54, 1.807) is 0 Å². The van der Waals surface area contributed by atoms with Crippen LogP contribution in [0.25, 0.3) is 0 Å². The molecular weight excluding hydrogens is 149 g/mol. The van der Waals surface area contributed by atoms with Crippen molar-refractivity contribution in [2.24, 2.45) is 0 Å². The summed E-state index contributed by atoms with van der Waals surface area (Å²) in [5, 5.41) is 0. The summed E-state index contributed by atoms with van der Waals surface area (Å²) in [4.78, 5) is 0. The van der Waals surface area contributed by atoms with Gasteiger partial charge in [0.15, 0.2) is 0 Å². The Morgan fingerprint density at radius 3 is 2.56 bits per heavy atom. The predicted octanol–water partition coefficient (Wildman–Crippen LogP) is 1.37. The monoisotopic (exact) mass is 157 g/mol. The number of aryl methyl sites for hydroxylation is 1. The number of rotatable bonds is 0. The van der Waals surface area contributed by atoms with Crippen LogP contribution in [-0.4, -0.2) is 0 Å². The summed E-state index contributed by atoms with van der Waals surface area (Å²) >= 11 is 0. The summed E-state index contributed by atoms with van der Waals surface area (Å²) in [7, 11) is 0. The molecule has 0 saturated carbocycles. The third-order valence-electron chi connectivity index (χ3n) is 1.11. The molecular formula is C7H8NV-. The number of hydrogen-bond donors (Lipinski definition) is 1. The van der Waals surface area contributed by atoms with E-state index < -0.39 is 0 Å². The minimum atomic E-state index is 0. The van der Waals surface area contributed by atoms with Gasteiger partial charge in [-0.1, -0.05) is 12.6 Å². The average molecular weight is 157 g/mol. The van der Waals surface area contributed by atoms with E-state index in [4.69, 9.17) is 5.73 Å². The molecule has 2 N–H and O–H groups in total. The van der Waals surface area contributed by atoms with Crippen LogP contribution in [0.1, 0.15) is 5.56 Å². The summed E-state index contributed by atoms with van der Waals surface area (Å²) in [5.41, 5.74) is 7.30. The second-order valence-corrected chi connectivity index (χ2v) is 1.77. The van der Waals surface area contributed by atoms with Gasteiger partial charge in [0, 0.05) is 18.6 Å². The van der Waals surface area contributed by atoms with E-state index >= 15 is 0 Å². The number of anilines is 1. The van der Waals surface area contributed by atoms with Crippen molar-refractivity contribution in [2.75, 3.05) is 5.73 Å². The second-order valence-electron chi connectivity index (χ2n) is 1.77. The fourth-order valence-electron chi connectivity index (χ4n) is 0.534. The zero-order valence-electron chi connectivity index (χ0n) is 5.26. The standard InChI is InChI=1S/C7H8N.V/c1-6-4-2-3-5-7(6)8;/h2-4H,8H2,1H3;/q-1;. The van der Waals surface area contributed by atoms with Crippen molar-refractivity contribution in [3.05, 3.63) is 29.8 Å². The van der Waals surface area contributed by atoms with Crippen molar-refractivity contribution in [1.29, 1.82) is 0 Å². The Morgan fingerprint density at radius 1 is 1.56 bits per heavy atom. The summed E-state index contributed by atoms with van der Waals surface area (Å²) < 4.78 is 0. The van der Waals surface area contributed by atoms with Gasteiger partial charge in [0.25, 0.3) is 0 Å². The molecule has 0 amide bonds. The maximum atomic E-state index is 5.46. The Kier molecular flexibility index (Phi) is 3.44. The first-order chi connectivity index (χ1) is 3.80. The molecule has 1 rings (SSSR count). The molecule has 0 unspecified atom stereocenters. The maximum Gasteiger partial charge on any atom is 0 e. The molecule has 0 bridgehead atoms. The zero-order chi connectivity index (χ0) is 5.98. The van der Waals surface area contributed by atoms with Crippen molar-refractivity contribution in [3.63, 3.8) is 0 Å². The fraction of sp³-hybridized carbons (Fsp3) is 0.143. The van der Waals surface area contributed by atoms with Gasteiger partial charge < -0.3 is 5.73 Å². The maximum absolute atomic E-state index is 5.46. The molecule has 0 atom stereocenters.